The van der Waals surface area contributed by atoms with Crippen LogP contribution in [0.5, 0.6) is 0 Å². The number of carbonyl (C=O) groups excluding carboxylic acids is 2. The first-order valence-corrected chi connectivity index (χ1v) is 10.7. The third-order valence-corrected chi connectivity index (χ3v) is 5.77. The van der Waals surface area contributed by atoms with Gasteiger partial charge in [0.15, 0.2) is 5.82 Å². The molecule has 4 rings (SSSR count). The predicted molar refractivity (Wildman–Crippen MR) is 118 cm³/mol. The molecule has 7 nitrogen and oxygen atoms in total. The lowest BCUT2D eigenvalue weighted by atomic mass is 10.1. The number of aromatic nitrogens is 1. The normalized spacial score (nSPS) is 17.0. The molecule has 1 aromatic carbocycles. The van der Waals surface area contributed by atoms with E-state index in [0.717, 1.165) is 49.4 Å². The number of benzene rings is 1. The molecule has 0 radical (unpaired) electrons. The van der Waals surface area contributed by atoms with Crippen molar-refractivity contribution in [1.82, 2.24) is 14.8 Å². The van der Waals surface area contributed by atoms with Gasteiger partial charge in [0.2, 0.25) is 0 Å². The maximum absolute atomic E-state index is 12.9. The summed E-state index contributed by atoms with van der Waals surface area (Å²) in [6.07, 6.45) is 4.84. The number of anilines is 2. The summed E-state index contributed by atoms with van der Waals surface area (Å²) < 4.78 is 0. The molecule has 0 spiro atoms. The summed E-state index contributed by atoms with van der Waals surface area (Å²) in [5, 5.41) is 3.05. The van der Waals surface area contributed by atoms with Gasteiger partial charge in [-0.3, -0.25) is 4.79 Å². The summed E-state index contributed by atoms with van der Waals surface area (Å²) in [6.45, 7) is 6.26. The van der Waals surface area contributed by atoms with Crippen LogP contribution in [0, 0.1) is 6.92 Å². The summed E-state index contributed by atoms with van der Waals surface area (Å²) in [4.78, 5) is 36.2. The Kier molecular flexibility index (Phi) is 6.16. The number of aryl methyl sites for hydroxylation is 1. The Morgan fingerprint density at radius 1 is 0.900 bits per heavy atom. The molecule has 0 aliphatic carbocycles. The number of hydrogen-bond donors (Lipinski definition) is 1. The van der Waals surface area contributed by atoms with Crippen molar-refractivity contribution < 1.29 is 9.59 Å². The molecule has 0 unspecified atom stereocenters. The first-order chi connectivity index (χ1) is 14.6. The first kappa shape index (κ1) is 20.2. The molecule has 2 aliphatic heterocycles. The number of hydrogen-bond acceptors (Lipinski definition) is 4. The molecule has 2 aliphatic rings. The number of carbonyl (C=O) groups is 2. The van der Waals surface area contributed by atoms with Crippen molar-refractivity contribution in [3.05, 3.63) is 53.7 Å². The number of nitrogens with zero attached hydrogens (tertiary/aromatic N) is 4. The Balaban J connectivity index is 1.39. The molecule has 2 saturated heterocycles. The smallest absolute Gasteiger partial charge is 0.322 e. The Labute approximate surface area is 177 Å². The Hall–Kier alpha value is -3.09. The monoisotopic (exact) mass is 407 g/mol. The summed E-state index contributed by atoms with van der Waals surface area (Å²) >= 11 is 0. The van der Waals surface area contributed by atoms with E-state index in [1.165, 1.54) is 0 Å². The topological polar surface area (TPSA) is 68.8 Å². The van der Waals surface area contributed by atoms with Gasteiger partial charge >= 0.3 is 6.03 Å². The summed E-state index contributed by atoms with van der Waals surface area (Å²) in [7, 11) is 0. The van der Waals surface area contributed by atoms with E-state index in [2.05, 4.69) is 15.2 Å². The van der Waals surface area contributed by atoms with Crippen LogP contribution < -0.4 is 10.2 Å². The van der Waals surface area contributed by atoms with Gasteiger partial charge in [-0.05, 0) is 50.5 Å². The second kappa shape index (κ2) is 9.15. The molecule has 2 fully saturated rings. The lowest BCUT2D eigenvalue weighted by Gasteiger charge is -2.24. The van der Waals surface area contributed by atoms with Crippen molar-refractivity contribution in [3.8, 4) is 0 Å². The third-order valence-electron chi connectivity index (χ3n) is 5.77. The van der Waals surface area contributed by atoms with Gasteiger partial charge in [0.05, 0.1) is 5.69 Å². The Morgan fingerprint density at radius 3 is 2.47 bits per heavy atom. The molecular weight excluding hydrogens is 378 g/mol. The van der Waals surface area contributed by atoms with E-state index in [4.69, 9.17) is 0 Å². The maximum atomic E-state index is 12.9. The number of amides is 3. The number of rotatable bonds is 3. The fourth-order valence-corrected chi connectivity index (χ4v) is 4.15. The Morgan fingerprint density at radius 2 is 1.67 bits per heavy atom. The predicted octanol–water partition coefficient (Wildman–Crippen LogP) is 3.37. The largest absolute Gasteiger partial charge is 0.355 e. The highest BCUT2D eigenvalue weighted by Crippen LogP contribution is 2.26. The van der Waals surface area contributed by atoms with E-state index in [9.17, 15) is 9.59 Å². The first-order valence-electron chi connectivity index (χ1n) is 10.7. The van der Waals surface area contributed by atoms with Gasteiger partial charge in [-0.25, -0.2) is 9.78 Å². The molecule has 0 saturated carbocycles. The molecule has 1 N–H and O–H groups in total. The minimum atomic E-state index is -0.131. The number of pyridine rings is 1. The van der Waals surface area contributed by atoms with Crippen LogP contribution in [0.4, 0.5) is 16.3 Å². The van der Waals surface area contributed by atoms with Gasteiger partial charge in [-0.2, -0.15) is 0 Å². The maximum Gasteiger partial charge on any atom is 0.322 e. The highest BCUT2D eigenvalue weighted by molar-refractivity contribution is 5.95. The molecule has 158 valence electrons. The lowest BCUT2D eigenvalue weighted by molar-refractivity contribution is 0.0762. The van der Waals surface area contributed by atoms with Crippen LogP contribution in [0.25, 0.3) is 0 Å². The van der Waals surface area contributed by atoms with Crippen LogP contribution in [-0.4, -0.2) is 66.0 Å². The lowest BCUT2D eigenvalue weighted by Crippen LogP contribution is -2.39. The van der Waals surface area contributed by atoms with Gasteiger partial charge < -0.3 is 20.0 Å². The minimum Gasteiger partial charge on any atom is -0.355 e. The van der Waals surface area contributed by atoms with Crippen molar-refractivity contribution in [3.63, 3.8) is 0 Å². The van der Waals surface area contributed by atoms with Gasteiger partial charge in [0.25, 0.3) is 5.91 Å². The molecule has 7 heteroatoms. The van der Waals surface area contributed by atoms with E-state index in [0.29, 0.717) is 31.7 Å². The average Bonchev–Trinajstić information content (AvgIpc) is 3.17. The molecule has 0 atom stereocenters. The average molecular weight is 408 g/mol. The van der Waals surface area contributed by atoms with E-state index in [-0.39, 0.29) is 11.9 Å². The second-order valence-corrected chi connectivity index (χ2v) is 8.00. The molecule has 1 aromatic heterocycles. The van der Waals surface area contributed by atoms with Crippen molar-refractivity contribution in [2.24, 2.45) is 0 Å². The molecule has 3 heterocycles. The Bertz CT molecular complexity index is 910. The second-order valence-electron chi connectivity index (χ2n) is 8.00. The van der Waals surface area contributed by atoms with E-state index in [1.807, 2.05) is 48.2 Å². The summed E-state index contributed by atoms with van der Waals surface area (Å²) in [5.41, 5.74) is 2.53. The molecule has 30 heavy (non-hydrogen) atoms. The van der Waals surface area contributed by atoms with Crippen LogP contribution in [0.15, 0.2) is 42.6 Å². The minimum absolute atomic E-state index is 0.0320. The molecule has 3 amide bonds. The van der Waals surface area contributed by atoms with Crippen LogP contribution >= 0.6 is 0 Å². The van der Waals surface area contributed by atoms with Gasteiger partial charge in [0.1, 0.15) is 0 Å². The van der Waals surface area contributed by atoms with E-state index in [1.54, 1.807) is 11.1 Å². The quantitative estimate of drug-likeness (QED) is 0.847. The van der Waals surface area contributed by atoms with Gasteiger partial charge in [-0.15, -0.1) is 0 Å². The van der Waals surface area contributed by atoms with Gasteiger partial charge in [-0.1, -0.05) is 17.7 Å². The van der Waals surface area contributed by atoms with Crippen LogP contribution in [-0.2, 0) is 0 Å². The van der Waals surface area contributed by atoms with E-state index >= 15 is 0 Å². The van der Waals surface area contributed by atoms with E-state index < -0.39 is 0 Å². The SMILES string of the molecule is Cc1cccc(C(=O)N2CCCN(C(=O)Nc3cccnc3N3CCCC3)CC2)c1. The van der Waals surface area contributed by atoms with Gasteiger partial charge in [0, 0.05) is 51.0 Å². The van der Waals surface area contributed by atoms with Crippen molar-refractivity contribution in [2.45, 2.75) is 26.2 Å². The van der Waals surface area contributed by atoms with Crippen molar-refractivity contribution in [2.75, 3.05) is 49.5 Å². The molecule has 2 aromatic rings. The fraction of sp³-hybridized carbons (Fsp3) is 0.435. The zero-order valence-electron chi connectivity index (χ0n) is 17.5. The van der Waals surface area contributed by atoms with Crippen molar-refractivity contribution >= 4 is 23.4 Å². The van der Waals surface area contributed by atoms with Crippen LogP contribution in [0.1, 0.15) is 35.2 Å². The molecular formula is C23H29N5O2. The third kappa shape index (κ3) is 4.56. The highest BCUT2D eigenvalue weighted by Gasteiger charge is 2.24. The van der Waals surface area contributed by atoms with Crippen LogP contribution in [0.2, 0.25) is 0 Å². The zero-order valence-corrected chi connectivity index (χ0v) is 17.5. The summed E-state index contributed by atoms with van der Waals surface area (Å²) in [6, 6.07) is 11.3. The van der Waals surface area contributed by atoms with Crippen molar-refractivity contribution in [1.29, 1.82) is 0 Å². The number of urea groups is 1. The van der Waals surface area contributed by atoms with Crippen LogP contribution in [0.3, 0.4) is 0 Å². The standard InChI is InChI=1S/C23H29N5O2/c1-18-7-4-8-19(17-18)22(29)27-13-6-14-28(16-15-27)23(30)25-20-9-5-10-24-21(20)26-11-2-3-12-26/h4-5,7-10,17H,2-3,6,11-16H2,1H3,(H,25,30). The highest BCUT2D eigenvalue weighted by atomic mass is 16.2. The fourth-order valence-electron chi connectivity index (χ4n) is 4.15. The molecule has 0 bridgehead atoms. The summed E-state index contributed by atoms with van der Waals surface area (Å²) in [5.74, 6) is 0.874. The zero-order chi connectivity index (χ0) is 20.9. The number of nitrogens with one attached hydrogen (secondary N) is 1.